The lowest BCUT2D eigenvalue weighted by Crippen LogP contribution is -2.42. The fourth-order valence-corrected chi connectivity index (χ4v) is 2.88. The zero-order valence-electron chi connectivity index (χ0n) is 12.3. The highest BCUT2D eigenvalue weighted by Gasteiger charge is 2.20. The maximum absolute atomic E-state index is 9.38. The van der Waals surface area contributed by atoms with Gasteiger partial charge >= 0.3 is 0 Å². The van der Waals surface area contributed by atoms with Crippen LogP contribution in [0.1, 0.15) is 31.2 Å². The maximum Gasteiger partial charge on any atom is 0.119 e. The van der Waals surface area contributed by atoms with Gasteiger partial charge in [0.1, 0.15) is 10.7 Å². The molecule has 1 aromatic rings. The van der Waals surface area contributed by atoms with Crippen molar-refractivity contribution in [1.29, 1.82) is 0 Å². The smallest absolute Gasteiger partial charge is 0.119 e. The Morgan fingerprint density at radius 2 is 2.29 bits per heavy atom. The summed E-state index contributed by atoms with van der Waals surface area (Å²) in [7, 11) is 0. The Bertz CT molecular complexity index is 467. The van der Waals surface area contributed by atoms with Crippen molar-refractivity contribution in [3.05, 3.63) is 29.8 Å². The number of nitrogens with two attached hydrogens (primary N) is 1. The molecule has 0 amide bonds. The van der Waals surface area contributed by atoms with E-state index in [0.717, 1.165) is 37.2 Å². The number of aliphatic hydroxyl groups excluding tert-OH is 1. The summed E-state index contributed by atoms with van der Waals surface area (Å²) in [6.07, 6.45) is 4.51. The molecule has 0 aliphatic carbocycles. The van der Waals surface area contributed by atoms with Gasteiger partial charge in [0.05, 0.1) is 13.2 Å². The Balaban J connectivity index is 1.74. The number of piperidine rings is 1. The van der Waals surface area contributed by atoms with E-state index in [4.69, 9.17) is 22.7 Å². The van der Waals surface area contributed by atoms with E-state index in [2.05, 4.69) is 4.90 Å². The van der Waals surface area contributed by atoms with Crippen molar-refractivity contribution in [2.24, 2.45) is 5.73 Å². The number of hydrogen-bond acceptors (Lipinski definition) is 4. The Morgan fingerprint density at radius 1 is 1.43 bits per heavy atom. The van der Waals surface area contributed by atoms with Crippen LogP contribution >= 0.6 is 12.2 Å². The third-order valence-electron chi connectivity index (χ3n) is 3.94. The molecule has 4 nitrogen and oxygen atoms in total. The Morgan fingerprint density at radius 3 is 3.05 bits per heavy atom. The molecule has 1 aliphatic rings. The first-order valence-electron chi connectivity index (χ1n) is 7.58. The fourth-order valence-electron chi connectivity index (χ4n) is 2.76. The van der Waals surface area contributed by atoms with E-state index >= 15 is 0 Å². The van der Waals surface area contributed by atoms with Crippen LogP contribution in [0.4, 0.5) is 0 Å². The van der Waals surface area contributed by atoms with Gasteiger partial charge in [-0.1, -0.05) is 30.8 Å². The van der Waals surface area contributed by atoms with Gasteiger partial charge in [0.15, 0.2) is 0 Å². The lowest BCUT2D eigenvalue weighted by Gasteiger charge is -2.34. The van der Waals surface area contributed by atoms with Crippen LogP contribution in [0.15, 0.2) is 24.3 Å². The van der Waals surface area contributed by atoms with Crippen molar-refractivity contribution in [2.75, 3.05) is 26.3 Å². The molecule has 0 radical (unpaired) electrons. The van der Waals surface area contributed by atoms with Crippen LogP contribution in [0.5, 0.6) is 5.75 Å². The number of benzene rings is 1. The van der Waals surface area contributed by atoms with Crippen LogP contribution in [0, 0.1) is 0 Å². The molecule has 0 saturated carbocycles. The summed E-state index contributed by atoms with van der Waals surface area (Å²) in [5, 5.41) is 9.38. The zero-order valence-corrected chi connectivity index (χ0v) is 13.1. The molecule has 116 valence electrons. The van der Waals surface area contributed by atoms with Crippen LogP contribution in [0.2, 0.25) is 0 Å². The lowest BCUT2D eigenvalue weighted by atomic mass is 10.0. The molecule has 5 heteroatoms. The normalized spacial score (nSPS) is 19.4. The SMILES string of the molecule is NC(=S)c1cccc(OCCCN2CCCCC2CO)c1. The van der Waals surface area contributed by atoms with Crippen LogP contribution in [0.3, 0.4) is 0 Å². The summed E-state index contributed by atoms with van der Waals surface area (Å²) in [5.41, 5.74) is 6.44. The molecule has 3 N–H and O–H groups in total. The zero-order chi connectivity index (χ0) is 15.1. The summed E-state index contributed by atoms with van der Waals surface area (Å²) in [6.45, 7) is 2.98. The predicted octanol–water partition coefficient (Wildman–Crippen LogP) is 1.94. The van der Waals surface area contributed by atoms with Gasteiger partial charge in [0.25, 0.3) is 0 Å². The summed E-state index contributed by atoms with van der Waals surface area (Å²) < 4.78 is 5.75. The Labute approximate surface area is 131 Å². The average Bonchev–Trinajstić information content (AvgIpc) is 2.52. The highest BCUT2D eigenvalue weighted by Crippen LogP contribution is 2.17. The fraction of sp³-hybridized carbons (Fsp3) is 0.562. The molecule has 1 saturated heterocycles. The molecule has 0 spiro atoms. The molecule has 1 aromatic carbocycles. The van der Waals surface area contributed by atoms with E-state index in [-0.39, 0.29) is 6.61 Å². The summed E-state index contributed by atoms with van der Waals surface area (Å²) >= 11 is 4.96. The van der Waals surface area contributed by atoms with Gasteiger partial charge < -0.3 is 15.6 Å². The van der Waals surface area contributed by atoms with Crippen molar-refractivity contribution in [3.63, 3.8) is 0 Å². The lowest BCUT2D eigenvalue weighted by molar-refractivity contribution is 0.0851. The van der Waals surface area contributed by atoms with E-state index < -0.39 is 0 Å². The van der Waals surface area contributed by atoms with Crippen molar-refractivity contribution in [1.82, 2.24) is 4.90 Å². The molecule has 1 aliphatic heterocycles. The summed E-state index contributed by atoms with van der Waals surface area (Å²) in [4.78, 5) is 2.76. The second kappa shape index (κ2) is 8.32. The van der Waals surface area contributed by atoms with E-state index in [1.807, 2.05) is 24.3 Å². The monoisotopic (exact) mass is 308 g/mol. The van der Waals surface area contributed by atoms with Gasteiger partial charge in [-0.25, -0.2) is 0 Å². The molecule has 1 heterocycles. The van der Waals surface area contributed by atoms with Crippen LogP contribution in [-0.4, -0.2) is 47.3 Å². The topological polar surface area (TPSA) is 58.7 Å². The molecule has 1 fully saturated rings. The van der Waals surface area contributed by atoms with Gasteiger partial charge in [0, 0.05) is 18.2 Å². The number of nitrogens with zero attached hydrogens (tertiary/aromatic N) is 1. The third kappa shape index (κ3) is 4.95. The Hall–Kier alpha value is -1.17. The Kier molecular flexibility index (Phi) is 6.42. The third-order valence-corrected chi connectivity index (χ3v) is 4.17. The summed E-state index contributed by atoms with van der Waals surface area (Å²) in [5.74, 6) is 0.803. The number of hydrogen-bond donors (Lipinski definition) is 2. The van der Waals surface area contributed by atoms with Gasteiger partial charge in [0.2, 0.25) is 0 Å². The largest absolute Gasteiger partial charge is 0.494 e. The van der Waals surface area contributed by atoms with E-state index in [1.54, 1.807) is 0 Å². The standard InChI is InChI=1S/C16H24N2O2S/c17-16(21)13-5-3-7-15(11-13)20-10-4-9-18-8-2-1-6-14(18)12-19/h3,5,7,11,14,19H,1-2,4,6,8-10,12H2,(H2,17,21). The van der Waals surface area contributed by atoms with Crippen molar-refractivity contribution in [2.45, 2.75) is 31.7 Å². The number of aliphatic hydroxyl groups is 1. The number of likely N-dealkylation sites (tertiary alicyclic amines) is 1. The quantitative estimate of drug-likeness (QED) is 0.595. The van der Waals surface area contributed by atoms with Crippen molar-refractivity contribution < 1.29 is 9.84 Å². The van der Waals surface area contributed by atoms with Crippen LogP contribution in [-0.2, 0) is 0 Å². The highest BCUT2D eigenvalue weighted by molar-refractivity contribution is 7.80. The second-order valence-electron chi connectivity index (χ2n) is 5.46. The number of rotatable bonds is 7. The minimum absolute atomic E-state index is 0.261. The van der Waals surface area contributed by atoms with E-state index in [0.29, 0.717) is 17.6 Å². The number of thiocarbonyl (C=S) groups is 1. The maximum atomic E-state index is 9.38. The molecule has 2 rings (SSSR count). The minimum atomic E-state index is 0.261. The summed E-state index contributed by atoms with van der Waals surface area (Å²) in [6, 6.07) is 7.90. The van der Waals surface area contributed by atoms with Crippen LogP contribution < -0.4 is 10.5 Å². The second-order valence-corrected chi connectivity index (χ2v) is 5.90. The molecule has 0 aromatic heterocycles. The first-order valence-corrected chi connectivity index (χ1v) is 7.99. The average molecular weight is 308 g/mol. The first kappa shape index (κ1) is 16.2. The molecule has 1 atom stereocenters. The van der Waals surface area contributed by atoms with Gasteiger partial charge in [-0.3, -0.25) is 4.90 Å². The predicted molar refractivity (Wildman–Crippen MR) is 88.7 cm³/mol. The molecule has 21 heavy (non-hydrogen) atoms. The van der Waals surface area contributed by atoms with Crippen LogP contribution in [0.25, 0.3) is 0 Å². The first-order chi connectivity index (χ1) is 10.2. The molecular weight excluding hydrogens is 284 g/mol. The van der Waals surface area contributed by atoms with Gasteiger partial charge in [-0.2, -0.15) is 0 Å². The van der Waals surface area contributed by atoms with E-state index in [1.165, 1.54) is 12.8 Å². The van der Waals surface area contributed by atoms with Crippen molar-refractivity contribution >= 4 is 17.2 Å². The van der Waals surface area contributed by atoms with Gasteiger partial charge in [-0.05, 0) is 37.9 Å². The van der Waals surface area contributed by atoms with Crippen molar-refractivity contribution in [3.8, 4) is 5.75 Å². The number of ether oxygens (including phenoxy) is 1. The highest BCUT2D eigenvalue weighted by atomic mass is 32.1. The molecular formula is C16H24N2O2S. The van der Waals surface area contributed by atoms with Gasteiger partial charge in [-0.15, -0.1) is 0 Å². The minimum Gasteiger partial charge on any atom is -0.494 e. The molecule has 0 bridgehead atoms. The molecule has 1 unspecified atom stereocenters. The van der Waals surface area contributed by atoms with E-state index in [9.17, 15) is 5.11 Å².